The lowest BCUT2D eigenvalue weighted by molar-refractivity contribution is -0.137. The molecule has 1 aromatic rings. The summed E-state index contributed by atoms with van der Waals surface area (Å²) >= 11 is 0. The molecule has 92 valence electrons. The van der Waals surface area contributed by atoms with Gasteiger partial charge in [-0.05, 0) is 24.1 Å². The molecule has 0 atom stereocenters. The van der Waals surface area contributed by atoms with Crippen LogP contribution in [0.15, 0.2) is 35.7 Å². The van der Waals surface area contributed by atoms with Gasteiger partial charge in [0, 0.05) is 6.42 Å². The number of aliphatic carboxylic acids is 1. The van der Waals surface area contributed by atoms with Crippen LogP contribution in [0.3, 0.4) is 0 Å². The van der Waals surface area contributed by atoms with Crippen molar-refractivity contribution in [3.05, 3.63) is 36.4 Å². The van der Waals surface area contributed by atoms with E-state index >= 15 is 0 Å². The summed E-state index contributed by atoms with van der Waals surface area (Å²) in [5.41, 5.74) is 0.842. The minimum absolute atomic E-state index is 0.126. The molecule has 0 radical (unpaired) electrons. The van der Waals surface area contributed by atoms with E-state index in [9.17, 15) is 13.2 Å². The maximum absolute atomic E-state index is 11.8. The Labute approximate surface area is 101 Å². The highest BCUT2D eigenvalue weighted by atomic mass is 32.2. The molecule has 1 aromatic carbocycles. The van der Waals surface area contributed by atoms with Gasteiger partial charge in [0.05, 0.1) is 10.6 Å². The van der Waals surface area contributed by atoms with Crippen LogP contribution < -0.4 is 0 Å². The summed E-state index contributed by atoms with van der Waals surface area (Å²) in [4.78, 5) is 10.5. The second-order valence-corrected chi connectivity index (χ2v) is 5.70. The minimum Gasteiger partial charge on any atom is -0.481 e. The highest BCUT2D eigenvalue weighted by Crippen LogP contribution is 2.14. The quantitative estimate of drug-likeness (QED) is 0.842. The van der Waals surface area contributed by atoms with Gasteiger partial charge in [-0.3, -0.25) is 4.79 Å². The Morgan fingerprint density at radius 1 is 1.29 bits per heavy atom. The van der Waals surface area contributed by atoms with E-state index in [0.29, 0.717) is 0 Å². The number of hydrogen-bond donors (Lipinski definition) is 1. The SMILES string of the molecule is C=Cc1ccc(S(=O)(=O)CCCC(=O)O)cc1. The molecule has 0 saturated heterocycles. The van der Waals surface area contributed by atoms with Crippen molar-refractivity contribution >= 4 is 21.9 Å². The molecule has 0 amide bonds. The van der Waals surface area contributed by atoms with E-state index in [0.717, 1.165) is 5.56 Å². The number of rotatable bonds is 6. The molecule has 5 heteroatoms. The Morgan fingerprint density at radius 2 is 1.88 bits per heavy atom. The van der Waals surface area contributed by atoms with Crippen molar-refractivity contribution in [2.75, 3.05) is 5.75 Å². The van der Waals surface area contributed by atoms with Gasteiger partial charge in [0.2, 0.25) is 0 Å². The lowest BCUT2D eigenvalue weighted by Crippen LogP contribution is -2.08. The summed E-state index contributed by atoms with van der Waals surface area (Å²) in [6, 6.07) is 6.34. The molecule has 0 spiro atoms. The molecular formula is C12H14O4S. The van der Waals surface area contributed by atoms with Crippen molar-refractivity contribution in [1.29, 1.82) is 0 Å². The van der Waals surface area contributed by atoms with Gasteiger partial charge >= 0.3 is 5.97 Å². The van der Waals surface area contributed by atoms with Crippen molar-refractivity contribution in [2.24, 2.45) is 0 Å². The van der Waals surface area contributed by atoms with Crippen LogP contribution in [0.2, 0.25) is 0 Å². The first-order valence-electron chi connectivity index (χ1n) is 5.13. The van der Waals surface area contributed by atoms with Gasteiger partial charge in [0.25, 0.3) is 0 Å². The molecule has 0 aromatic heterocycles. The molecule has 0 fully saturated rings. The summed E-state index contributed by atoms with van der Waals surface area (Å²) in [6.45, 7) is 3.58. The zero-order chi connectivity index (χ0) is 12.9. The Kier molecular flexibility index (Phi) is 4.45. The van der Waals surface area contributed by atoms with Crippen LogP contribution in [0.1, 0.15) is 18.4 Å². The van der Waals surface area contributed by atoms with Gasteiger partial charge in [0.1, 0.15) is 0 Å². The minimum atomic E-state index is -3.38. The topological polar surface area (TPSA) is 71.4 Å². The first kappa shape index (κ1) is 13.4. The zero-order valence-corrected chi connectivity index (χ0v) is 10.1. The maximum atomic E-state index is 11.8. The first-order chi connectivity index (χ1) is 7.95. The van der Waals surface area contributed by atoms with Crippen LogP contribution in [-0.4, -0.2) is 25.2 Å². The third-order valence-corrected chi connectivity index (χ3v) is 4.10. The molecule has 0 saturated carbocycles. The summed E-state index contributed by atoms with van der Waals surface area (Å²) in [6.07, 6.45) is 1.62. The number of carboxylic acids is 1. The summed E-state index contributed by atoms with van der Waals surface area (Å²) < 4.78 is 23.6. The Bertz CT molecular complexity index is 500. The first-order valence-corrected chi connectivity index (χ1v) is 6.78. The van der Waals surface area contributed by atoms with Crippen LogP contribution in [0.5, 0.6) is 0 Å². The second kappa shape index (κ2) is 5.63. The Hall–Kier alpha value is -1.62. The molecule has 0 aliphatic carbocycles. The van der Waals surface area contributed by atoms with Crippen molar-refractivity contribution in [3.63, 3.8) is 0 Å². The van der Waals surface area contributed by atoms with E-state index in [1.165, 1.54) is 12.1 Å². The monoisotopic (exact) mass is 254 g/mol. The van der Waals surface area contributed by atoms with Crippen molar-refractivity contribution in [1.82, 2.24) is 0 Å². The number of sulfone groups is 1. The van der Waals surface area contributed by atoms with Crippen LogP contribution >= 0.6 is 0 Å². The fourth-order valence-electron chi connectivity index (χ4n) is 1.34. The predicted molar refractivity (Wildman–Crippen MR) is 65.5 cm³/mol. The number of benzene rings is 1. The van der Waals surface area contributed by atoms with E-state index in [1.807, 2.05) is 0 Å². The van der Waals surface area contributed by atoms with Gasteiger partial charge in [-0.2, -0.15) is 0 Å². The Morgan fingerprint density at radius 3 is 2.35 bits per heavy atom. The van der Waals surface area contributed by atoms with Gasteiger partial charge in [-0.25, -0.2) is 8.42 Å². The molecule has 0 heterocycles. The maximum Gasteiger partial charge on any atom is 0.303 e. The third-order valence-electron chi connectivity index (χ3n) is 2.28. The second-order valence-electron chi connectivity index (χ2n) is 3.59. The zero-order valence-electron chi connectivity index (χ0n) is 9.30. The smallest absolute Gasteiger partial charge is 0.303 e. The molecule has 0 aliphatic rings. The predicted octanol–water partition coefficient (Wildman–Crippen LogP) is 1.97. The molecule has 17 heavy (non-hydrogen) atoms. The summed E-state index contributed by atoms with van der Waals surface area (Å²) in [5, 5.41) is 8.44. The largest absolute Gasteiger partial charge is 0.481 e. The number of carboxylic acid groups (broad SMARTS) is 1. The lowest BCUT2D eigenvalue weighted by Gasteiger charge is -2.03. The molecule has 4 nitrogen and oxygen atoms in total. The molecule has 0 aliphatic heterocycles. The summed E-state index contributed by atoms with van der Waals surface area (Å²) in [7, 11) is -3.38. The number of hydrogen-bond acceptors (Lipinski definition) is 3. The van der Waals surface area contributed by atoms with Crippen molar-refractivity contribution < 1.29 is 18.3 Å². The van der Waals surface area contributed by atoms with E-state index < -0.39 is 15.8 Å². The highest BCUT2D eigenvalue weighted by molar-refractivity contribution is 7.91. The van der Waals surface area contributed by atoms with E-state index in [2.05, 4.69) is 6.58 Å². The Balaban J connectivity index is 2.75. The molecule has 0 bridgehead atoms. The van der Waals surface area contributed by atoms with E-state index in [-0.39, 0.29) is 23.5 Å². The average Bonchev–Trinajstić information content (AvgIpc) is 2.28. The van der Waals surface area contributed by atoms with Crippen molar-refractivity contribution in [2.45, 2.75) is 17.7 Å². The third kappa shape index (κ3) is 4.03. The normalized spacial score (nSPS) is 11.1. The van der Waals surface area contributed by atoms with Crippen LogP contribution in [0, 0.1) is 0 Å². The van der Waals surface area contributed by atoms with Crippen molar-refractivity contribution in [3.8, 4) is 0 Å². The van der Waals surface area contributed by atoms with Gasteiger partial charge in [-0.1, -0.05) is 24.8 Å². The number of carbonyl (C=O) groups is 1. The van der Waals surface area contributed by atoms with Gasteiger partial charge < -0.3 is 5.11 Å². The molecule has 1 rings (SSSR count). The van der Waals surface area contributed by atoms with Crippen LogP contribution in [0.4, 0.5) is 0 Å². The molecule has 0 unspecified atom stereocenters. The van der Waals surface area contributed by atoms with Gasteiger partial charge in [-0.15, -0.1) is 0 Å². The highest BCUT2D eigenvalue weighted by Gasteiger charge is 2.14. The van der Waals surface area contributed by atoms with Crippen LogP contribution in [-0.2, 0) is 14.6 Å². The molecular weight excluding hydrogens is 240 g/mol. The fourth-order valence-corrected chi connectivity index (χ4v) is 2.65. The fraction of sp³-hybridized carbons (Fsp3) is 0.250. The van der Waals surface area contributed by atoms with Crippen LogP contribution in [0.25, 0.3) is 6.08 Å². The molecule has 1 N–H and O–H groups in total. The van der Waals surface area contributed by atoms with Gasteiger partial charge in [0.15, 0.2) is 9.84 Å². The lowest BCUT2D eigenvalue weighted by atomic mass is 10.2. The average molecular weight is 254 g/mol. The van der Waals surface area contributed by atoms with E-state index in [4.69, 9.17) is 5.11 Å². The standard InChI is InChI=1S/C12H14O4S/c1-2-10-5-7-11(8-6-10)17(15,16)9-3-4-12(13)14/h2,5-8H,1,3-4,9H2,(H,13,14). The van der Waals surface area contributed by atoms with E-state index in [1.54, 1.807) is 18.2 Å². The summed E-state index contributed by atoms with van der Waals surface area (Å²) in [5.74, 6) is -1.13.